The van der Waals surface area contributed by atoms with Gasteiger partial charge >= 0.3 is 0 Å². The van der Waals surface area contributed by atoms with Crippen molar-refractivity contribution in [3.8, 4) is 0 Å². The smallest absolute Gasteiger partial charge is 0.269 e. The highest BCUT2D eigenvalue weighted by Gasteiger charge is 2.24. The zero-order valence-electron chi connectivity index (χ0n) is 19.8. The summed E-state index contributed by atoms with van der Waals surface area (Å²) in [6.45, 7) is 2.55. The predicted molar refractivity (Wildman–Crippen MR) is 145 cm³/mol. The maximum absolute atomic E-state index is 12.7. The van der Waals surface area contributed by atoms with Crippen molar-refractivity contribution in [2.24, 2.45) is 0 Å². The molecule has 0 radical (unpaired) electrons. The SMILES string of the molecule is CC(C(=O)Nc1ccccc1)n1cc[n+](CC(OCc2ccc(Cl)cc2Cl)c2ccc(Cl)cc2Cl)c1.[Br-]. The van der Waals surface area contributed by atoms with Crippen molar-refractivity contribution < 1.29 is 31.1 Å². The molecule has 3 aromatic carbocycles. The van der Waals surface area contributed by atoms with E-state index in [0.717, 1.165) is 16.8 Å². The second-order valence-electron chi connectivity index (χ2n) is 8.29. The fraction of sp³-hybridized carbons (Fsp3) is 0.185. The second-order valence-corrected chi connectivity index (χ2v) is 9.98. The van der Waals surface area contributed by atoms with Crippen molar-refractivity contribution >= 4 is 58.0 Å². The number of hydrogen-bond donors (Lipinski definition) is 1. The highest BCUT2D eigenvalue weighted by atomic mass is 79.9. The van der Waals surface area contributed by atoms with Crippen LogP contribution >= 0.6 is 46.4 Å². The lowest BCUT2D eigenvalue weighted by Gasteiger charge is -2.19. The molecule has 0 bridgehead atoms. The third-order valence-corrected chi connectivity index (χ3v) is 6.87. The van der Waals surface area contributed by atoms with E-state index >= 15 is 0 Å². The van der Waals surface area contributed by atoms with Crippen molar-refractivity contribution in [1.29, 1.82) is 0 Å². The van der Waals surface area contributed by atoms with E-state index in [1.807, 2.05) is 77.2 Å². The third kappa shape index (κ3) is 7.96. The zero-order valence-corrected chi connectivity index (χ0v) is 24.4. The first-order valence-electron chi connectivity index (χ1n) is 11.2. The molecule has 0 spiro atoms. The summed E-state index contributed by atoms with van der Waals surface area (Å²) in [6.07, 6.45) is 5.20. The van der Waals surface area contributed by atoms with Crippen LogP contribution in [0.2, 0.25) is 20.1 Å². The number of nitrogens with one attached hydrogen (secondary N) is 1. The molecule has 2 atom stereocenters. The van der Waals surface area contributed by atoms with Crippen molar-refractivity contribution in [2.75, 3.05) is 5.32 Å². The largest absolute Gasteiger partial charge is 1.00 e. The lowest BCUT2D eigenvalue weighted by Crippen LogP contribution is -3.00. The van der Waals surface area contributed by atoms with Crippen molar-refractivity contribution in [3.63, 3.8) is 0 Å². The number of ether oxygens (including phenoxy) is 1. The molecule has 194 valence electrons. The number of imidazole rings is 1. The maximum atomic E-state index is 12.7. The molecule has 37 heavy (non-hydrogen) atoms. The van der Waals surface area contributed by atoms with E-state index < -0.39 is 12.1 Å². The van der Waals surface area contributed by atoms with Crippen LogP contribution in [0.15, 0.2) is 85.5 Å². The van der Waals surface area contributed by atoms with Gasteiger partial charge in [-0.2, -0.15) is 0 Å². The fourth-order valence-corrected chi connectivity index (χ4v) is 4.67. The maximum Gasteiger partial charge on any atom is 0.269 e. The number of aromatic nitrogens is 2. The summed E-state index contributed by atoms with van der Waals surface area (Å²) >= 11 is 25.0. The van der Waals surface area contributed by atoms with Crippen LogP contribution in [0, 0.1) is 0 Å². The van der Waals surface area contributed by atoms with Crippen molar-refractivity contribution in [2.45, 2.75) is 32.2 Å². The van der Waals surface area contributed by atoms with Gasteiger partial charge in [0.1, 0.15) is 25.0 Å². The summed E-state index contributed by atoms with van der Waals surface area (Å²) in [6, 6.07) is 19.6. The van der Waals surface area contributed by atoms with Gasteiger partial charge in [-0.3, -0.25) is 4.79 Å². The molecule has 0 saturated heterocycles. The highest BCUT2D eigenvalue weighted by Crippen LogP contribution is 2.31. The minimum absolute atomic E-state index is 0. The van der Waals surface area contributed by atoms with Crippen LogP contribution in [0.5, 0.6) is 0 Å². The standard InChI is InChI=1S/C27H23Cl4N3O2.BrH/c1-18(27(35)32-22-5-3-2-4-6-22)34-12-11-33(17-34)15-26(23-10-9-21(29)14-25(23)31)36-16-19-7-8-20(28)13-24(19)30;/h2-14,17-18,26H,15-16H2,1H3;1H. The van der Waals surface area contributed by atoms with Gasteiger partial charge in [0, 0.05) is 31.3 Å². The first-order valence-corrected chi connectivity index (χ1v) is 12.7. The molecule has 4 rings (SSSR count). The number of carbonyl (C=O) groups excluding carboxylic acids is 1. The molecule has 1 aromatic heterocycles. The Morgan fingerprint density at radius 3 is 2.32 bits per heavy atom. The average Bonchev–Trinajstić information content (AvgIpc) is 3.31. The Morgan fingerprint density at radius 1 is 0.973 bits per heavy atom. The summed E-state index contributed by atoms with van der Waals surface area (Å²) in [4.78, 5) is 12.7. The minimum atomic E-state index is -0.419. The van der Waals surface area contributed by atoms with E-state index in [0.29, 0.717) is 26.6 Å². The molecule has 5 nitrogen and oxygen atoms in total. The average molecular weight is 644 g/mol. The number of para-hydroxylation sites is 1. The fourth-order valence-electron chi connectivity index (χ4n) is 3.68. The van der Waals surface area contributed by atoms with Crippen LogP contribution in [0.25, 0.3) is 0 Å². The summed E-state index contributed by atoms with van der Waals surface area (Å²) in [7, 11) is 0. The summed E-state index contributed by atoms with van der Waals surface area (Å²) in [5.41, 5.74) is 2.35. The summed E-state index contributed by atoms with van der Waals surface area (Å²) in [5, 5.41) is 5.06. The zero-order chi connectivity index (χ0) is 25.7. The summed E-state index contributed by atoms with van der Waals surface area (Å²) in [5.74, 6) is -0.116. The second kappa shape index (κ2) is 13.7. The number of rotatable bonds is 9. The molecular formula is C27H24BrCl4N3O2. The van der Waals surface area contributed by atoms with Gasteiger partial charge in [-0.05, 0) is 48.9 Å². The monoisotopic (exact) mass is 641 g/mol. The highest BCUT2D eigenvalue weighted by molar-refractivity contribution is 6.35. The Kier molecular flexibility index (Phi) is 10.9. The Labute approximate surface area is 246 Å². The van der Waals surface area contributed by atoms with Crippen molar-refractivity contribution in [3.05, 3.63) is 117 Å². The number of nitrogens with zero attached hydrogens (tertiary/aromatic N) is 2. The lowest BCUT2D eigenvalue weighted by molar-refractivity contribution is -0.705. The van der Waals surface area contributed by atoms with Crippen LogP contribution in [0.1, 0.15) is 30.2 Å². The molecule has 1 heterocycles. The molecule has 1 N–H and O–H groups in total. The molecule has 0 saturated carbocycles. The molecular weight excluding hydrogens is 620 g/mol. The third-order valence-electron chi connectivity index (χ3n) is 5.72. The van der Waals surface area contributed by atoms with E-state index in [1.54, 1.807) is 24.3 Å². The number of halogens is 5. The molecule has 4 aromatic rings. The first kappa shape index (κ1) is 29.5. The van der Waals surface area contributed by atoms with Crippen LogP contribution in [0.4, 0.5) is 5.69 Å². The van der Waals surface area contributed by atoms with E-state index in [4.69, 9.17) is 51.1 Å². The van der Waals surface area contributed by atoms with Gasteiger partial charge in [0.05, 0.1) is 6.61 Å². The Hall–Kier alpha value is -2.06. The molecule has 10 heteroatoms. The van der Waals surface area contributed by atoms with E-state index in [2.05, 4.69) is 5.32 Å². The van der Waals surface area contributed by atoms with Crippen molar-refractivity contribution in [1.82, 2.24) is 4.57 Å². The summed E-state index contributed by atoms with van der Waals surface area (Å²) < 4.78 is 10.1. The molecule has 0 aliphatic heterocycles. The van der Waals surface area contributed by atoms with Crippen LogP contribution in [0.3, 0.4) is 0 Å². The van der Waals surface area contributed by atoms with E-state index in [-0.39, 0.29) is 29.5 Å². The van der Waals surface area contributed by atoms with E-state index in [1.165, 1.54) is 0 Å². The molecule has 0 aliphatic carbocycles. The topological polar surface area (TPSA) is 47.1 Å². The number of benzene rings is 3. The van der Waals surface area contributed by atoms with Crippen LogP contribution in [-0.2, 0) is 22.7 Å². The normalized spacial score (nSPS) is 12.5. The van der Waals surface area contributed by atoms with Gasteiger partial charge in [-0.15, -0.1) is 0 Å². The number of hydrogen-bond acceptors (Lipinski definition) is 2. The van der Waals surface area contributed by atoms with E-state index in [9.17, 15) is 4.79 Å². The Morgan fingerprint density at radius 2 is 1.65 bits per heavy atom. The molecule has 0 aliphatic rings. The van der Waals surface area contributed by atoms with Gasteiger partial charge < -0.3 is 27.0 Å². The van der Waals surface area contributed by atoms with Gasteiger partial charge in [-0.1, -0.05) is 76.7 Å². The Balaban J connectivity index is 0.00000380. The minimum Gasteiger partial charge on any atom is -1.00 e. The molecule has 2 unspecified atom stereocenters. The first-order chi connectivity index (χ1) is 17.3. The molecule has 0 fully saturated rings. The van der Waals surface area contributed by atoms with Gasteiger partial charge in [0.15, 0.2) is 6.04 Å². The number of anilines is 1. The van der Waals surface area contributed by atoms with Gasteiger partial charge in [0.2, 0.25) is 6.33 Å². The van der Waals surface area contributed by atoms with Gasteiger partial charge in [-0.25, -0.2) is 9.13 Å². The van der Waals surface area contributed by atoms with Crippen LogP contribution in [-0.4, -0.2) is 10.5 Å². The Bertz CT molecular complexity index is 1350. The lowest BCUT2D eigenvalue weighted by atomic mass is 10.1. The van der Waals surface area contributed by atoms with Crippen LogP contribution < -0.4 is 26.9 Å². The number of carbonyl (C=O) groups is 1. The molecule has 1 amide bonds. The number of amides is 1. The quantitative estimate of drug-likeness (QED) is 0.272. The van der Waals surface area contributed by atoms with Gasteiger partial charge in [0.25, 0.3) is 5.91 Å². The predicted octanol–water partition coefficient (Wildman–Crippen LogP) is 4.55.